The first kappa shape index (κ1) is 14.2. The summed E-state index contributed by atoms with van der Waals surface area (Å²) in [6.45, 7) is 1.91. The van der Waals surface area contributed by atoms with Crippen molar-refractivity contribution in [1.82, 2.24) is 4.57 Å². The molecule has 0 fully saturated rings. The first-order chi connectivity index (χ1) is 10.5. The molecule has 112 valence electrons. The highest BCUT2D eigenvalue weighted by molar-refractivity contribution is 6.03. The number of carbonyl (C=O) groups is 1. The number of aliphatic carboxylic acids is 1. The van der Waals surface area contributed by atoms with Crippen molar-refractivity contribution in [3.8, 4) is 16.9 Å². The molecule has 0 atom stereocenters. The van der Waals surface area contributed by atoms with Gasteiger partial charge in [-0.1, -0.05) is 30.3 Å². The second-order valence-corrected chi connectivity index (χ2v) is 5.41. The molecule has 3 aromatic rings. The summed E-state index contributed by atoms with van der Waals surface area (Å²) < 4.78 is 1.97. The molecule has 2 aromatic carbocycles. The molecule has 22 heavy (non-hydrogen) atoms. The van der Waals surface area contributed by atoms with Crippen LogP contribution in [0.5, 0.6) is 5.75 Å². The third-order valence-electron chi connectivity index (χ3n) is 4.15. The van der Waals surface area contributed by atoms with Crippen molar-refractivity contribution < 1.29 is 15.0 Å². The van der Waals surface area contributed by atoms with E-state index < -0.39 is 5.97 Å². The van der Waals surface area contributed by atoms with Gasteiger partial charge in [-0.25, -0.2) is 0 Å². The van der Waals surface area contributed by atoms with Crippen LogP contribution >= 0.6 is 0 Å². The highest BCUT2D eigenvalue weighted by Gasteiger charge is 2.20. The first-order valence-corrected chi connectivity index (χ1v) is 7.07. The van der Waals surface area contributed by atoms with Gasteiger partial charge in [0.2, 0.25) is 0 Å². The normalized spacial score (nSPS) is 11.0. The molecule has 0 aliphatic rings. The van der Waals surface area contributed by atoms with Crippen LogP contribution in [0.4, 0.5) is 0 Å². The number of fused-ring (bicyclic) bond motifs is 1. The van der Waals surface area contributed by atoms with Crippen LogP contribution in [0.2, 0.25) is 0 Å². The van der Waals surface area contributed by atoms with Gasteiger partial charge < -0.3 is 14.8 Å². The number of phenols is 1. The molecular formula is C18H17NO3. The molecular weight excluding hydrogens is 278 g/mol. The molecule has 0 saturated carbocycles. The SMILES string of the molecule is Cc1c(CC(=O)O)c2c(-c3ccccc3)c(O)ccc2n1C. The third-order valence-corrected chi connectivity index (χ3v) is 4.15. The van der Waals surface area contributed by atoms with E-state index in [1.165, 1.54) is 0 Å². The standard InChI is InChI=1S/C18H17NO3/c1-11-13(10-16(21)22)18-14(19(11)2)8-9-15(20)17(18)12-6-4-3-5-7-12/h3-9,20H,10H2,1-2H3,(H,21,22). The van der Waals surface area contributed by atoms with E-state index >= 15 is 0 Å². The Morgan fingerprint density at radius 2 is 1.82 bits per heavy atom. The molecule has 0 unspecified atom stereocenters. The molecule has 4 heteroatoms. The van der Waals surface area contributed by atoms with Crippen molar-refractivity contribution in [3.05, 3.63) is 53.7 Å². The lowest BCUT2D eigenvalue weighted by atomic mass is 9.96. The van der Waals surface area contributed by atoms with E-state index in [0.29, 0.717) is 5.56 Å². The lowest BCUT2D eigenvalue weighted by Crippen LogP contribution is -2.02. The smallest absolute Gasteiger partial charge is 0.307 e. The number of aryl methyl sites for hydroxylation is 1. The van der Waals surface area contributed by atoms with Crippen LogP contribution in [-0.4, -0.2) is 20.7 Å². The number of aromatic hydroxyl groups is 1. The molecule has 0 saturated heterocycles. The summed E-state index contributed by atoms with van der Waals surface area (Å²) in [6, 6.07) is 13.0. The Hall–Kier alpha value is -2.75. The number of phenolic OH excluding ortho intramolecular Hbond substituents is 1. The van der Waals surface area contributed by atoms with E-state index in [1.54, 1.807) is 6.07 Å². The molecule has 1 heterocycles. The number of carboxylic acid groups (broad SMARTS) is 1. The largest absolute Gasteiger partial charge is 0.507 e. The quantitative estimate of drug-likeness (QED) is 0.777. The topological polar surface area (TPSA) is 62.5 Å². The molecule has 4 nitrogen and oxygen atoms in total. The predicted octanol–water partition coefficient (Wildman–Crippen LogP) is 3.49. The fourth-order valence-electron chi connectivity index (χ4n) is 2.99. The van der Waals surface area contributed by atoms with Gasteiger partial charge in [0.05, 0.1) is 6.42 Å². The van der Waals surface area contributed by atoms with Gasteiger partial charge in [0.15, 0.2) is 0 Å². The fourth-order valence-corrected chi connectivity index (χ4v) is 2.99. The molecule has 0 radical (unpaired) electrons. The van der Waals surface area contributed by atoms with E-state index in [4.69, 9.17) is 0 Å². The van der Waals surface area contributed by atoms with Crippen molar-refractivity contribution in [3.63, 3.8) is 0 Å². The Bertz CT molecular complexity index is 863. The van der Waals surface area contributed by atoms with Crippen LogP contribution in [0.15, 0.2) is 42.5 Å². The van der Waals surface area contributed by atoms with Crippen LogP contribution in [-0.2, 0) is 18.3 Å². The van der Waals surface area contributed by atoms with Crippen LogP contribution in [0, 0.1) is 6.92 Å². The second-order valence-electron chi connectivity index (χ2n) is 5.41. The van der Waals surface area contributed by atoms with Gasteiger partial charge in [-0.05, 0) is 30.2 Å². The van der Waals surface area contributed by atoms with Gasteiger partial charge >= 0.3 is 5.97 Å². The van der Waals surface area contributed by atoms with E-state index in [9.17, 15) is 15.0 Å². The molecule has 3 rings (SSSR count). The minimum Gasteiger partial charge on any atom is -0.507 e. The summed E-state index contributed by atoms with van der Waals surface area (Å²) in [4.78, 5) is 11.2. The number of hydrogen-bond acceptors (Lipinski definition) is 2. The number of benzene rings is 2. The van der Waals surface area contributed by atoms with Gasteiger partial charge in [0.25, 0.3) is 0 Å². The molecule has 2 N–H and O–H groups in total. The zero-order valence-electron chi connectivity index (χ0n) is 12.5. The zero-order chi connectivity index (χ0) is 15.9. The first-order valence-electron chi connectivity index (χ1n) is 7.07. The Morgan fingerprint density at radius 3 is 2.45 bits per heavy atom. The Kier molecular flexibility index (Phi) is 3.37. The molecule has 0 bridgehead atoms. The second kappa shape index (κ2) is 5.22. The lowest BCUT2D eigenvalue weighted by molar-refractivity contribution is -0.136. The molecule has 0 amide bonds. The lowest BCUT2D eigenvalue weighted by Gasteiger charge is -2.09. The predicted molar refractivity (Wildman–Crippen MR) is 86.1 cm³/mol. The highest BCUT2D eigenvalue weighted by Crippen LogP contribution is 2.40. The maximum absolute atomic E-state index is 11.2. The van der Waals surface area contributed by atoms with Gasteiger partial charge in [-0.3, -0.25) is 4.79 Å². The molecule has 0 aliphatic heterocycles. The van der Waals surface area contributed by atoms with E-state index in [-0.39, 0.29) is 12.2 Å². The Balaban J connectivity index is 2.43. The van der Waals surface area contributed by atoms with Crippen LogP contribution in [0.25, 0.3) is 22.0 Å². The fraction of sp³-hybridized carbons (Fsp3) is 0.167. The van der Waals surface area contributed by atoms with Gasteiger partial charge in [-0.15, -0.1) is 0 Å². The van der Waals surface area contributed by atoms with E-state index in [1.807, 2.05) is 54.9 Å². The van der Waals surface area contributed by atoms with Crippen molar-refractivity contribution in [2.45, 2.75) is 13.3 Å². The Morgan fingerprint density at radius 1 is 1.14 bits per heavy atom. The maximum atomic E-state index is 11.2. The van der Waals surface area contributed by atoms with Crippen molar-refractivity contribution in [2.75, 3.05) is 0 Å². The van der Waals surface area contributed by atoms with E-state index in [0.717, 1.165) is 27.7 Å². The van der Waals surface area contributed by atoms with Crippen LogP contribution in [0.3, 0.4) is 0 Å². The third kappa shape index (κ3) is 2.13. The zero-order valence-corrected chi connectivity index (χ0v) is 12.5. The highest BCUT2D eigenvalue weighted by atomic mass is 16.4. The number of hydrogen-bond donors (Lipinski definition) is 2. The summed E-state index contributed by atoms with van der Waals surface area (Å²) in [6.07, 6.45) is -0.0630. The van der Waals surface area contributed by atoms with Gasteiger partial charge in [0, 0.05) is 29.2 Å². The molecule has 1 aromatic heterocycles. The number of rotatable bonds is 3. The summed E-state index contributed by atoms with van der Waals surface area (Å²) >= 11 is 0. The molecule has 0 spiro atoms. The molecule has 0 aliphatic carbocycles. The van der Waals surface area contributed by atoms with Crippen molar-refractivity contribution in [2.24, 2.45) is 7.05 Å². The minimum absolute atomic E-state index is 0.0630. The monoisotopic (exact) mass is 295 g/mol. The summed E-state index contributed by atoms with van der Waals surface area (Å²) in [5.41, 5.74) is 4.14. The number of nitrogens with zero attached hydrogens (tertiary/aromatic N) is 1. The van der Waals surface area contributed by atoms with Crippen molar-refractivity contribution in [1.29, 1.82) is 0 Å². The number of carboxylic acids is 1. The maximum Gasteiger partial charge on any atom is 0.307 e. The van der Waals surface area contributed by atoms with Gasteiger partial charge in [-0.2, -0.15) is 0 Å². The minimum atomic E-state index is -0.877. The summed E-state index contributed by atoms with van der Waals surface area (Å²) in [5, 5.41) is 20.4. The van der Waals surface area contributed by atoms with Crippen LogP contribution in [0.1, 0.15) is 11.3 Å². The summed E-state index contributed by atoms with van der Waals surface area (Å²) in [5.74, 6) is -0.714. The van der Waals surface area contributed by atoms with Crippen LogP contribution < -0.4 is 0 Å². The van der Waals surface area contributed by atoms with E-state index in [2.05, 4.69) is 0 Å². The average molecular weight is 295 g/mol. The van der Waals surface area contributed by atoms with Gasteiger partial charge in [0.1, 0.15) is 5.75 Å². The van der Waals surface area contributed by atoms with Crippen molar-refractivity contribution >= 4 is 16.9 Å². The Labute approximate surface area is 128 Å². The number of aromatic nitrogens is 1. The summed E-state index contributed by atoms with van der Waals surface area (Å²) in [7, 11) is 1.91. The average Bonchev–Trinajstić information content (AvgIpc) is 2.73.